The molecule has 2 saturated carbocycles. The van der Waals surface area contributed by atoms with E-state index in [0.717, 1.165) is 91.9 Å². The van der Waals surface area contributed by atoms with E-state index in [4.69, 9.17) is 28.9 Å². The highest BCUT2D eigenvalue weighted by molar-refractivity contribution is 8.00. The lowest BCUT2D eigenvalue weighted by Crippen LogP contribution is -2.64. The zero-order valence-corrected chi connectivity index (χ0v) is 33.2. The molecule has 2 aromatic carbocycles. The van der Waals surface area contributed by atoms with Gasteiger partial charge in [0, 0.05) is 42.8 Å². The van der Waals surface area contributed by atoms with Crippen molar-refractivity contribution in [2.45, 2.75) is 132 Å². The standard InChI is InChI=1S/C45H61NO7S/c1-4-24-50-45-41(54-35-14-5-6-15-35)29-39(46-53-42-17-9-12-25-49-42)37-27-32(13-7-10-22-47)36(16-8-11-23-48)43(44(37)45)38-28-34(20-21-40(38)52-45)51-33-19-18-30(2)31(3)26-33/h4,18-21,26-28,32,35-36,41-44,47-48H,1,5-17,22-25,29H2,2-3H3. The molecule has 2 heterocycles. The normalized spacial score (nSPS) is 29.9. The Labute approximate surface area is 326 Å². The van der Waals surface area contributed by atoms with E-state index in [2.05, 4.69) is 50.8 Å². The maximum absolute atomic E-state index is 9.93. The molecule has 1 saturated heterocycles. The number of aliphatic hydroxyl groups is 2. The van der Waals surface area contributed by atoms with Crippen molar-refractivity contribution in [3.63, 3.8) is 0 Å². The lowest BCUT2D eigenvalue weighted by atomic mass is 9.56. The van der Waals surface area contributed by atoms with Crippen LogP contribution in [0.15, 0.2) is 65.9 Å². The molecule has 2 aromatic rings. The summed E-state index contributed by atoms with van der Waals surface area (Å²) in [7, 11) is 0. The molecule has 2 N–H and O–H groups in total. The number of aliphatic hydroxyl groups excluding tert-OH is 2. The van der Waals surface area contributed by atoms with Gasteiger partial charge in [0.05, 0.1) is 30.1 Å². The number of oxime groups is 1. The summed E-state index contributed by atoms with van der Waals surface area (Å²) in [4.78, 5) is 6.28. The second-order valence-electron chi connectivity index (χ2n) is 16.0. The number of unbranched alkanes of at least 4 members (excludes halogenated alkanes) is 2. The number of hydrogen-bond donors (Lipinski definition) is 2. The van der Waals surface area contributed by atoms with Gasteiger partial charge in [0.25, 0.3) is 0 Å². The van der Waals surface area contributed by atoms with Crippen LogP contribution >= 0.6 is 11.8 Å². The molecule has 0 spiro atoms. The van der Waals surface area contributed by atoms with Crippen LogP contribution in [0.1, 0.15) is 112 Å². The fraction of sp³-hybridized carbons (Fsp3) is 0.622. The van der Waals surface area contributed by atoms with Gasteiger partial charge >= 0.3 is 0 Å². The van der Waals surface area contributed by atoms with Crippen LogP contribution in [0.5, 0.6) is 17.2 Å². The molecule has 0 amide bonds. The molecule has 294 valence electrons. The molecule has 7 unspecified atom stereocenters. The van der Waals surface area contributed by atoms with E-state index >= 15 is 0 Å². The molecule has 0 bridgehead atoms. The van der Waals surface area contributed by atoms with Crippen LogP contribution in [0.4, 0.5) is 0 Å². The molecular formula is C45H61NO7S. The Hall–Kier alpha value is -2.82. The largest absolute Gasteiger partial charge is 0.460 e. The maximum Gasteiger partial charge on any atom is 0.230 e. The molecular weight excluding hydrogens is 699 g/mol. The van der Waals surface area contributed by atoms with Crippen LogP contribution < -0.4 is 9.47 Å². The third-order valence-electron chi connectivity index (χ3n) is 12.4. The Kier molecular flexibility index (Phi) is 13.4. The highest BCUT2D eigenvalue weighted by atomic mass is 32.2. The Morgan fingerprint density at radius 2 is 1.69 bits per heavy atom. The summed E-state index contributed by atoms with van der Waals surface area (Å²) in [6.07, 6.45) is 17.8. The average Bonchev–Trinajstić information content (AvgIpc) is 3.70. The quantitative estimate of drug-likeness (QED) is 0.0935. The summed E-state index contributed by atoms with van der Waals surface area (Å²) in [5, 5.41) is 25.3. The minimum absolute atomic E-state index is 0.0246. The van der Waals surface area contributed by atoms with Gasteiger partial charge in [-0.05, 0) is 124 Å². The van der Waals surface area contributed by atoms with Gasteiger partial charge in [-0.2, -0.15) is 0 Å². The number of benzene rings is 2. The number of hydrogen-bond acceptors (Lipinski definition) is 9. The van der Waals surface area contributed by atoms with Crippen molar-refractivity contribution < 1.29 is 34.0 Å². The van der Waals surface area contributed by atoms with Crippen molar-refractivity contribution in [3.05, 3.63) is 77.4 Å². The molecule has 3 aliphatic carbocycles. The smallest absolute Gasteiger partial charge is 0.230 e. The first kappa shape index (κ1) is 39.4. The van der Waals surface area contributed by atoms with Crippen molar-refractivity contribution in [2.24, 2.45) is 22.9 Å². The Morgan fingerprint density at radius 3 is 2.43 bits per heavy atom. The Morgan fingerprint density at radius 1 is 0.926 bits per heavy atom. The van der Waals surface area contributed by atoms with E-state index < -0.39 is 5.79 Å². The summed E-state index contributed by atoms with van der Waals surface area (Å²) in [5.74, 6) is 1.84. The fourth-order valence-electron chi connectivity index (χ4n) is 9.59. The Balaban J connectivity index is 1.38. The van der Waals surface area contributed by atoms with Crippen molar-refractivity contribution in [1.82, 2.24) is 0 Å². The van der Waals surface area contributed by atoms with Crippen molar-refractivity contribution in [1.29, 1.82) is 0 Å². The van der Waals surface area contributed by atoms with E-state index in [9.17, 15) is 10.2 Å². The van der Waals surface area contributed by atoms with Gasteiger partial charge in [-0.25, -0.2) is 0 Å². The van der Waals surface area contributed by atoms with Gasteiger partial charge in [0.2, 0.25) is 12.1 Å². The number of rotatable bonds is 17. The Bertz CT molecular complexity index is 1630. The van der Waals surface area contributed by atoms with Crippen molar-refractivity contribution >= 4 is 17.5 Å². The number of ether oxygens (including phenoxy) is 4. The summed E-state index contributed by atoms with van der Waals surface area (Å²) in [6.45, 7) is 9.73. The van der Waals surface area contributed by atoms with Gasteiger partial charge < -0.3 is 34.0 Å². The first-order valence-electron chi connectivity index (χ1n) is 20.7. The number of nitrogens with zero attached hydrogens (tertiary/aromatic N) is 1. The summed E-state index contributed by atoms with van der Waals surface area (Å²) in [5.41, 5.74) is 5.68. The highest BCUT2D eigenvalue weighted by Gasteiger charge is 2.64. The summed E-state index contributed by atoms with van der Waals surface area (Å²) < 4.78 is 27.1. The van der Waals surface area contributed by atoms with Gasteiger partial charge in [-0.3, -0.25) is 0 Å². The van der Waals surface area contributed by atoms with Crippen LogP contribution in [-0.2, 0) is 14.3 Å². The first-order chi connectivity index (χ1) is 26.4. The minimum Gasteiger partial charge on any atom is -0.460 e. The van der Waals surface area contributed by atoms with E-state index in [1.807, 2.05) is 30.0 Å². The molecule has 2 aliphatic heterocycles. The predicted molar refractivity (Wildman–Crippen MR) is 215 cm³/mol. The van der Waals surface area contributed by atoms with Crippen molar-refractivity contribution in [2.75, 3.05) is 26.4 Å². The van der Waals surface area contributed by atoms with Gasteiger partial charge in [0.15, 0.2) is 0 Å². The second-order valence-corrected chi connectivity index (χ2v) is 17.5. The molecule has 54 heavy (non-hydrogen) atoms. The molecule has 0 aromatic heterocycles. The van der Waals surface area contributed by atoms with Crippen LogP contribution in [0, 0.1) is 31.6 Å². The monoisotopic (exact) mass is 759 g/mol. The van der Waals surface area contributed by atoms with Gasteiger partial charge in [-0.1, -0.05) is 49.1 Å². The molecule has 9 heteroatoms. The molecule has 0 radical (unpaired) electrons. The van der Waals surface area contributed by atoms with Gasteiger partial charge in [-0.15, -0.1) is 18.3 Å². The third-order valence-corrected chi connectivity index (χ3v) is 14.1. The van der Waals surface area contributed by atoms with Crippen LogP contribution in [0.25, 0.3) is 0 Å². The summed E-state index contributed by atoms with van der Waals surface area (Å²) in [6, 6.07) is 12.6. The number of thioether (sulfide) groups is 1. The van der Waals surface area contributed by atoms with Crippen LogP contribution in [0.2, 0.25) is 0 Å². The molecule has 7 atom stereocenters. The van der Waals surface area contributed by atoms with E-state index in [-0.39, 0.29) is 48.4 Å². The van der Waals surface area contributed by atoms with Crippen LogP contribution in [-0.4, -0.2) is 64.9 Å². The van der Waals surface area contributed by atoms with Gasteiger partial charge in [0.1, 0.15) is 17.2 Å². The molecule has 3 fully saturated rings. The highest BCUT2D eigenvalue weighted by Crippen LogP contribution is 2.63. The van der Waals surface area contributed by atoms with Crippen LogP contribution in [0.3, 0.4) is 0 Å². The SMILES string of the molecule is C=CCOC12Oc3ccc(Oc4ccc(C)c(C)c4)cc3C3C(CCCCO)C(CCCCO)C=C(C(=NOC4CCCCO4)CC1SC1CCCC1)C32. The topological polar surface area (TPSA) is 99.0 Å². The average molecular weight is 760 g/mol. The zero-order chi connectivity index (χ0) is 37.5. The first-order valence-corrected chi connectivity index (χ1v) is 21.6. The van der Waals surface area contributed by atoms with E-state index in [1.54, 1.807) is 0 Å². The minimum atomic E-state index is -0.951. The van der Waals surface area contributed by atoms with E-state index in [0.29, 0.717) is 24.9 Å². The fourth-order valence-corrected chi connectivity index (χ4v) is 11.4. The van der Waals surface area contributed by atoms with E-state index in [1.165, 1.54) is 36.8 Å². The number of fused-ring (bicyclic) bond motifs is 2. The van der Waals surface area contributed by atoms with Crippen molar-refractivity contribution in [3.8, 4) is 17.2 Å². The second kappa shape index (κ2) is 18.4. The lowest BCUT2D eigenvalue weighted by molar-refractivity contribution is -0.223. The number of allylic oxidation sites excluding steroid dienone is 1. The zero-order valence-electron chi connectivity index (χ0n) is 32.4. The number of aryl methyl sites for hydroxylation is 2. The molecule has 8 nitrogen and oxygen atoms in total. The molecule has 7 rings (SSSR count). The maximum atomic E-state index is 9.93. The summed E-state index contributed by atoms with van der Waals surface area (Å²) >= 11 is 2.02. The predicted octanol–water partition coefficient (Wildman–Crippen LogP) is 9.93. The third kappa shape index (κ3) is 8.61. The molecule has 5 aliphatic rings. The lowest BCUT2D eigenvalue weighted by Gasteiger charge is -2.58.